The molecule has 66 valence electrons. The summed E-state index contributed by atoms with van der Waals surface area (Å²) in [4.78, 5) is 12.9. The number of hydrogen-bond acceptors (Lipinski definition) is 2. The van der Waals surface area contributed by atoms with Crippen molar-refractivity contribution >= 4 is 5.91 Å². The van der Waals surface area contributed by atoms with Gasteiger partial charge in [-0.2, -0.15) is 5.26 Å². The van der Waals surface area contributed by atoms with Crippen LogP contribution in [0.2, 0.25) is 0 Å². The maximum atomic E-state index is 11.2. The number of rotatable bonds is 3. The molecule has 0 spiro atoms. The normalized spacial score (nSPS) is 18.1. The highest BCUT2D eigenvalue weighted by molar-refractivity contribution is 5.78. The molecule has 0 aliphatic heterocycles. The average Bonchev–Trinajstić information content (AvgIpc) is 2.84. The van der Waals surface area contributed by atoms with Gasteiger partial charge in [-0.3, -0.25) is 4.79 Å². The molecule has 1 rings (SSSR count). The van der Waals surface area contributed by atoms with E-state index >= 15 is 0 Å². The zero-order chi connectivity index (χ0) is 9.14. The molecule has 0 aromatic carbocycles. The molecule has 0 aromatic heterocycles. The number of carbonyl (C=O) groups is 1. The summed E-state index contributed by atoms with van der Waals surface area (Å²) in [5.41, 5.74) is 0. The number of hydrogen-bond donors (Lipinski definition) is 0. The fourth-order valence-corrected chi connectivity index (χ4v) is 1.31. The smallest absolute Gasteiger partial charge is 0.236 e. The van der Waals surface area contributed by atoms with Gasteiger partial charge in [0.15, 0.2) is 0 Å². The standard InChI is InChI=1S/C9H14N2O/c1-7(8-3-4-8)11(2)9(12)5-6-10/h7-8H,3-5H2,1-2H3. The Balaban J connectivity index is 2.40. The van der Waals surface area contributed by atoms with E-state index in [2.05, 4.69) is 0 Å². The average molecular weight is 166 g/mol. The maximum Gasteiger partial charge on any atom is 0.236 e. The molecule has 1 fully saturated rings. The van der Waals surface area contributed by atoms with E-state index in [9.17, 15) is 4.79 Å². The summed E-state index contributed by atoms with van der Waals surface area (Å²) in [7, 11) is 1.78. The van der Waals surface area contributed by atoms with Gasteiger partial charge in [-0.1, -0.05) is 0 Å². The first-order valence-electron chi connectivity index (χ1n) is 4.29. The highest BCUT2D eigenvalue weighted by Gasteiger charge is 2.32. The zero-order valence-corrected chi connectivity index (χ0v) is 7.58. The van der Waals surface area contributed by atoms with Crippen LogP contribution in [0.3, 0.4) is 0 Å². The Labute approximate surface area is 73.0 Å². The molecule has 3 heteroatoms. The molecule has 0 saturated heterocycles. The van der Waals surface area contributed by atoms with E-state index in [1.807, 2.05) is 13.0 Å². The highest BCUT2D eigenvalue weighted by atomic mass is 16.2. The van der Waals surface area contributed by atoms with Crippen LogP contribution in [0.15, 0.2) is 0 Å². The van der Waals surface area contributed by atoms with E-state index in [4.69, 9.17) is 5.26 Å². The van der Waals surface area contributed by atoms with Crippen LogP contribution in [0.25, 0.3) is 0 Å². The van der Waals surface area contributed by atoms with Gasteiger partial charge in [0.25, 0.3) is 0 Å². The second-order valence-electron chi connectivity index (χ2n) is 3.42. The Morgan fingerprint density at radius 2 is 2.33 bits per heavy atom. The van der Waals surface area contributed by atoms with Crippen molar-refractivity contribution in [2.45, 2.75) is 32.2 Å². The largest absolute Gasteiger partial charge is 0.342 e. The van der Waals surface area contributed by atoms with Crippen molar-refractivity contribution in [3.05, 3.63) is 0 Å². The Hall–Kier alpha value is -1.04. The van der Waals surface area contributed by atoms with Crippen LogP contribution in [0.1, 0.15) is 26.2 Å². The summed E-state index contributed by atoms with van der Waals surface area (Å²) in [5.74, 6) is 0.620. The number of amides is 1. The predicted molar refractivity (Wildman–Crippen MR) is 45.2 cm³/mol. The van der Waals surface area contributed by atoms with Crippen LogP contribution in [-0.2, 0) is 4.79 Å². The van der Waals surface area contributed by atoms with Crippen LogP contribution in [-0.4, -0.2) is 23.9 Å². The minimum atomic E-state index is -0.0584. The maximum absolute atomic E-state index is 11.2. The van der Waals surface area contributed by atoms with Crippen LogP contribution in [0.4, 0.5) is 0 Å². The van der Waals surface area contributed by atoms with E-state index in [1.54, 1.807) is 11.9 Å². The van der Waals surface area contributed by atoms with Crippen molar-refractivity contribution in [3.8, 4) is 6.07 Å². The third kappa shape index (κ3) is 1.97. The van der Waals surface area contributed by atoms with Gasteiger partial charge in [-0.05, 0) is 25.7 Å². The van der Waals surface area contributed by atoms with Crippen molar-refractivity contribution < 1.29 is 4.79 Å². The van der Waals surface area contributed by atoms with E-state index < -0.39 is 0 Å². The van der Waals surface area contributed by atoms with Crippen LogP contribution in [0, 0.1) is 17.2 Å². The lowest BCUT2D eigenvalue weighted by Crippen LogP contribution is -2.36. The summed E-state index contributed by atoms with van der Waals surface area (Å²) in [6.45, 7) is 2.05. The molecule has 1 aliphatic rings. The van der Waals surface area contributed by atoms with Crippen LogP contribution >= 0.6 is 0 Å². The van der Waals surface area contributed by atoms with Crippen LogP contribution < -0.4 is 0 Å². The first kappa shape index (κ1) is 9.05. The summed E-state index contributed by atoms with van der Waals surface area (Å²) in [5, 5.41) is 8.32. The third-order valence-corrected chi connectivity index (χ3v) is 2.54. The van der Waals surface area contributed by atoms with Crippen LogP contribution in [0.5, 0.6) is 0 Å². The molecule has 12 heavy (non-hydrogen) atoms. The molecule has 3 nitrogen and oxygen atoms in total. The highest BCUT2D eigenvalue weighted by Crippen LogP contribution is 2.34. The lowest BCUT2D eigenvalue weighted by atomic mass is 10.2. The minimum absolute atomic E-state index is 0.00750. The Morgan fingerprint density at radius 1 is 1.75 bits per heavy atom. The number of carbonyl (C=O) groups excluding carboxylic acids is 1. The summed E-state index contributed by atoms with van der Waals surface area (Å²) in [6, 6.07) is 2.18. The van der Waals surface area contributed by atoms with E-state index in [0.717, 1.165) is 0 Å². The summed E-state index contributed by atoms with van der Waals surface area (Å²) in [6.07, 6.45) is 2.46. The molecule has 0 aromatic rings. The third-order valence-electron chi connectivity index (χ3n) is 2.54. The summed E-state index contributed by atoms with van der Waals surface area (Å²) < 4.78 is 0. The Kier molecular flexibility index (Phi) is 2.69. The van der Waals surface area contributed by atoms with Gasteiger partial charge in [0.05, 0.1) is 6.07 Å². The van der Waals surface area contributed by atoms with E-state index in [0.29, 0.717) is 12.0 Å². The summed E-state index contributed by atoms with van der Waals surface area (Å²) >= 11 is 0. The van der Waals surface area contributed by atoms with Crippen molar-refractivity contribution in [2.24, 2.45) is 5.92 Å². The molecule has 0 bridgehead atoms. The molecule has 1 saturated carbocycles. The van der Waals surface area contributed by atoms with Gasteiger partial charge in [-0.25, -0.2) is 0 Å². The molecule has 1 unspecified atom stereocenters. The van der Waals surface area contributed by atoms with Gasteiger partial charge in [0, 0.05) is 13.1 Å². The minimum Gasteiger partial charge on any atom is -0.342 e. The molecule has 1 amide bonds. The second kappa shape index (κ2) is 3.57. The van der Waals surface area contributed by atoms with Gasteiger partial charge >= 0.3 is 0 Å². The second-order valence-corrected chi connectivity index (χ2v) is 3.42. The molecule has 0 heterocycles. The Bertz CT molecular complexity index is 215. The van der Waals surface area contributed by atoms with Crippen molar-refractivity contribution in [2.75, 3.05) is 7.05 Å². The fraction of sp³-hybridized carbons (Fsp3) is 0.778. The zero-order valence-electron chi connectivity index (χ0n) is 7.58. The molecule has 0 radical (unpaired) electrons. The molecule has 1 atom stereocenters. The van der Waals surface area contributed by atoms with Crippen molar-refractivity contribution in [3.63, 3.8) is 0 Å². The van der Waals surface area contributed by atoms with E-state index in [-0.39, 0.29) is 12.3 Å². The molecular formula is C9H14N2O. The van der Waals surface area contributed by atoms with Crippen molar-refractivity contribution in [1.82, 2.24) is 4.90 Å². The van der Waals surface area contributed by atoms with Crippen molar-refractivity contribution in [1.29, 1.82) is 5.26 Å². The lowest BCUT2D eigenvalue weighted by molar-refractivity contribution is -0.130. The predicted octanol–water partition coefficient (Wildman–Crippen LogP) is 1.16. The van der Waals surface area contributed by atoms with E-state index in [1.165, 1.54) is 12.8 Å². The number of nitriles is 1. The molecular weight excluding hydrogens is 152 g/mol. The SMILES string of the molecule is CC(C1CC1)N(C)C(=O)CC#N. The van der Waals surface area contributed by atoms with Gasteiger partial charge in [0.2, 0.25) is 5.91 Å². The first-order chi connectivity index (χ1) is 5.66. The van der Waals surface area contributed by atoms with Gasteiger partial charge < -0.3 is 4.90 Å². The molecule has 0 N–H and O–H groups in total. The lowest BCUT2D eigenvalue weighted by Gasteiger charge is -2.23. The van der Waals surface area contributed by atoms with Gasteiger partial charge in [0.1, 0.15) is 6.42 Å². The Morgan fingerprint density at radius 3 is 2.75 bits per heavy atom. The van der Waals surface area contributed by atoms with Gasteiger partial charge in [-0.15, -0.1) is 0 Å². The number of nitrogens with zero attached hydrogens (tertiary/aromatic N) is 2. The molecule has 1 aliphatic carbocycles. The fourth-order valence-electron chi connectivity index (χ4n) is 1.31. The topological polar surface area (TPSA) is 44.1 Å². The monoisotopic (exact) mass is 166 g/mol. The first-order valence-corrected chi connectivity index (χ1v) is 4.29. The quantitative estimate of drug-likeness (QED) is 0.631.